The molecule has 1 saturated carbocycles. The molecule has 0 radical (unpaired) electrons. The van der Waals surface area contributed by atoms with Gasteiger partial charge in [0.25, 0.3) is 0 Å². The third kappa shape index (κ3) is 15.7. The van der Waals surface area contributed by atoms with Crippen LogP contribution in [-0.4, -0.2) is 106 Å². The number of aromatic nitrogens is 4. The predicted molar refractivity (Wildman–Crippen MR) is 244 cm³/mol. The van der Waals surface area contributed by atoms with Crippen molar-refractivity contribution in [3.63, 3.8) is 0 Å². The first-order valence-electron chi connectivity index (χ1n) is 21.7. The van der Waals surface area contributed by atoms with Crippen molar-refractivity contribution in [3.8, 4) is 22.5 Å². The monoisotopic (exact) mass is 909 g/mol. The highest BCUT2D eigenvalue weighted by atomic mass is 16.6. The van der Waals surface area contributed by atoms with Gasteiger partial charge in [0.15, 0.2) is 0 Å². The number of amides is 7. The van der Waals surface area contributed by atoms with Gasteiger partial charge in [0.1, 0.15) is 30.3 Å². The number of nitrogens with one attached hydrogen (secondary N) is 6. The fourth-order valence-corrected chi connectivity index (χ4v) is 7.16. The van der Waals surface area contributed by atoms with Gasteiger partial charge in [-0.05, 0) is 120 Å². The fourth-order valence-electron chi connectivity index (χ4n) is 7.16. The molecule has 3 aromatic carbocycles. The van der Waals surface area contributed by atoms with Gasteiger partial charge < -0.3 is 46.7 Å². The summed E-state index contributed by atoms with van der Waals surface area (Å²) in [5.74, 6) is -2.53. The van der Waals surface area contributed by atoms with Crippen LogP contribution < -0.4 is 37.2 Å². The highest BCUT2D eigenvalue weighted by Gasteiger charge is 2.31. The molecule has 1 fully saturated rings. The molecule has 5 rings (SSSR count). The maximum Gasteiger partial charge on any atom is 0.408 e. The molecule has 1 aromatic heterocycles. The molecular weight excluding hydrogens is 851 g/mol. The average Bonchev–Trinajstić information content (AvgIpc) is 3.81. The summed E-state index contributed by atoms with van der Waals surface area (Å²) < 4.78 is 10.5. The van der Waals surface area contributed by atoms with Crippen LogP contribution in [0.15, 0.2) is 72.8 Å². The summed E-state index contributed by atoms with van der Waals surface area (Å²) in [4.78, 5) is 91.4. The van der Waals surface area contributed by atoms with E-state index in [0.29, 0.717) is 71.7 Å². The normalized spacial score (nSPS) is 15.3. The molecular formula is C46H59N11O9. The second-order valence-electron chi connectivity index (χ2n) is 18.0. The van der Waals surface area contributed by atoms with Gasteiger partial charge in [-0.2, -0.15) is 5.21 Å². The second-order valence-corrected chi connectivity index (χ2v) is 18.0. The Morgan fingerprint density at radius 1 is 0.773 bits per heavy atom. The minimum absolute atomic E-state index is 0.129. The summed E-state index contributed by atoms with van der Waals surface area (Å²) in [6.07, 6.45) is 1.44. The number of nitrogens with two attached hydrogens (primary N) is 1. The number of tetrazole rings is 1. The Bertz CT molecular complexity index is 2320. The Labute approximate surface area is 382 Å². The Morgan fingerprint density at radius 2 is 1.39 bits per heavy atom. The van der Waals surface area contributed by atoms with Gasteiger partial charge in [0.2, 0.25) is 35.4 Å². The summed E-state index contributed by atoms with van der Waals surface area (Å²) in [6.45, 7) is 9.45. The van der Waals surface area contributed by atoms with Crippen molar-refractivity contribution >= 4 is 53.1 Å². The van der Waals surface area contributed by atoms with E-state index in [-0.39, 0.29) is 24.2 Å². The Morgan fingerprint density at radius 3 is 2.00 bits per heavy atom. The first kappa shape index (κ1) is 49.6. The number of para-hydroxylation sites is 1. The lowest BCUT2D eigenvalue weighted by Crippen LogP contribution is -2.48. The summed E-state index contributed by atoms with van der Waals surface area (Å²) in [7, 11) is 0. The summed E-state index contributed by atoms with van der Waals surface area (Å²) in [6, 6.07) is 20.0. The molecule has 0 unspecified atom stereocenters. The van der Waals surface area contributed by atoms with Crippen LogP contribution in [0.5, 0.6) is 0 Å². The molecule has 20 nitrogen and oxygen atoms in total. The van der Waals surface area contributed by atoms with Gasteiger partial charge in [-0.1, -0.05) is 42.5 Å². The topological polar surface area (TPSA) is 282 Å². The lowest BCUT2D eigenvalue weighted by Gasteiger charge is -2.29. The number of benzene rings is 3. The molecule has 0 bridgehead atoms. The van der Waals surface area contributed by atoms with E-state index in [2.05, 4.69) is 47.2 Å². The zero-order valence-electron chi connectivity index (χ0n) is 38.1. The number of hydrogen-bond donors (Lipinski definition) is 7. The molecule has 1 aliphatic rings. The van der Waals surface area contributed by atoms with Crippen molar-refractivity contribution in [2.24, 2.45) is 17.6 Å². The van der Waals surface area contributed by atoms with Gasteiger partial charge >= 0.3 is 12.2 Å². The summed E-state index contributed by atoms with van der Waals surface area (Å²) in [5, 5.41) is 27.5. The van der Waals surface area contributed by atoms with E-state index in [0.717, 1.165) is 0 Å². The average molecular weight is 910 g/mol. The lowest BCUT2D eigenvalue weighted by molar-refractivity contribution is -0.130. The van der Waals surface area contributed by atoms with Crippen molar-refractivity contribution in [3.05, 3.63) is 78.4 Å². The van der Waals surface area contributed by atoms with Gasteiger partial charge in [0.05, 0.1) is 12.2 Å². The standard InChI is InChI=1S/C46H59N11O9/c1-45(2,3)65-43(63)49-24-29-13-17-32(18-14-29)41(61)52-35(42(62)51-33-21-19-31(20-22-33)40-53-55-56-54-40)23-28-11-15-30(16-12-28)34-9-7-8-10-36(34)57(27-37(47)58)39(60)26-48-38(59)25-50-44(64)66-46(4,5)6/h7-12,15-16,19-22,29,32,35H,13-14,17-18,23-27H2,1-6H3,(H2,47,58)(H,48,59)(H,49,63)(H,50,64)(H,51,62)(H,52,61)(H,53,54,55,56)/t29-,32-,35-/m0/s1. The highest BCUT2D eigenvalue weighted by molar-refractivity contribution is 6.04. The third-order valence-electron chi connectivity index (χ3n) is 10.3. The van der Waals surface area contributed by atoms with Gasteiger partial charge in [-0.15, -0.1) is 10.2 Å². The minimum atomic E-state index is -0.975. The first-order chi connectivity index (χ1) is 31.2. The predicted octanol–water partition coefficient (Wildman–Crippen LogP) is 3.99. The smallest absolute Gasteiger partial charge is 0.408 e. The number of carbonyl (C=O) groups excluding carboxylic acids is 7. The molecule has 1 atom stereocenters. The quantitative estimate of drug-likeness (QED) is 0.0792. The molecule has 0 aliphatic heterocycles. The zero-order chi connectivity index (χ0) is 48.0. The van der Waals surface area contributed by atoms with Crippen LogP contribution in [0, 0.1) is 11.8 Å². The number of ether oxygens (including phenoxy) is 2. The summed E-state index contributed by atoms with van der Waals surface area (Å²) in [5.41, 5.74) is 7.66. The van der Waals surface area contributed by atoms with E-state index in [1.807, 2.05) is 0 Å². The Kier molecular flexibility index (Phi) is 16.9. The maximum atomic E-state index is 14.0. The van der Waals surface area contributed by atoms with E-state index < -0.39 is 72.7 Å². The van der Waals surface area contributed by atoms with E-state index >= 15 is 0 Å². The van der Waals surface area contributed by atoms with Crippen molar-refractivity contribution in [1.29, 1.82) is 0 Å². The molecule has 1 aliphatic carbocycles. The van der Waals surface area contributed by atoms with Crippen LogP contribution in [-0.2, 0) is 39.9 Å². The number of rotatable bonds is 17. The van der Waals surface area contributed by atoms with Crippen molar-refractivity contribution < 1.29 is 43.0 Å². The number of nitrogens with zero attached hydrogens (tertiary/aromatic N) is 4. The number of H-pyrrole nitrogens is 1. The number of hydrogen-bond acceptors (Lipinski definition) is 12. The molecule has 20 heteroatoms. The van der Waals surface area contributed by atoms with Gasteiger partial charge in [-0.25, -0.2) is 9.59 Å². The van der Waals surface area contributed by atoms with Crippen molar-refractivity contribution in [2.45, 2.75) is 90.9 Å². The molecule has 1 heterocycles. The second kappa shape index (κ2) is 22.5. The van der Waals surface area contributed by atoms with Crippen LogP contribution in [0.2, 0.25) is 0 Å². The number of aromatic amines is 1. The largest absolute Gasteiger partial charge is 0.444 e. The first-order valence-corrected chi connectivity index (χ1v) is 21.7. The van der Waals surface area contributed by atoms with E-state index in [9.17, 15) is 33.6 Å². The van der Waals surface area contributed by atoms with Crippen LogP contribution in [0.3, 0.4) is 0 Å². The van der Waals surface area contributed by atoms with Crippen molar-refractivity contribution in [1.82, 2.24) is 41.9 Å². The fraction of sp³-hybridized carbons (Fsp3) is 0.435. The van der Waals surface area contributed by atoms with Gasteiger partial charge in [-0.3, -0.25) is 24.0 Å². The Hall–Kier alpha value is -7.38. The Balaban J connectivity index is 1.28. The number of primary amides is 1. The molecule has 0 spiro atoms. The van der Waals surface area contributed by atoms with Crippen molar-refractivity contribution in [2.75, 3.05) is 36.4 Å². The van der Waals surface area contributed by atoms with E-state index in [1.165, 1.54) is 4.90 Å². The molecule has 66 heavy (non-hydrogen) atoms. The van der Waals surface area contributed by atoms with Crippen LogP contribution >= 0.6 is 0 Å². The maximum absolute atomic E-state index is 14.0. The number of carbonyl (C=O) groups is 7. The molecule has 352 valence electrons. The zero-order valence-corrected chi connectivity index (χ0v) is 38.1. The minimum Gasteiger partial charge on any atom is -0.444 e. The van der Waals surface area contributed by atoms with Gasteiger partial charge in [0, 0.05) is 35.7 Å². The summed E-state index contributed by atoms with van der Waals surface area (Å²) >= 11 is 0. The van der Waals surface area contributed by atoms with E-state index in [1.54, 1.807) is 114 Å². The molecule has 4 aromatic rings. The SMILES string of the molecule is CC(C)(C)OC(=O)NCC(=O)NCC(=O)N(CC(N)=O)c1ccccc1-c1ccc(C[C@H](NC(=O)[C@H]2CC[C@H](CNC(=O)OC(C)(C)C)CC2)C(=O)Nc2ccc(-c3nn[nH]n3)cc2)cc1. The van der Waals surface area contributed by atoms with Crippen LogP contribution in [0.4, 0.5) is 21.0 Å². The molecule has 0 saturated heterocycles. The molecule has 8 N–H and O–H groups in total. The highest BCUT2D eigenvalue weighted by Crippen LogP contribution is 2.32. The van der Waals surface area contributed by atoms with E-state index in [4.69, 9.17) is 15.2 Å². The number of anilines is 2. The lowest BCUT2D eigenvalue weighted by atomic mass is 9.81. The number of alkyl carbamates (subject to hydrolysis) is 2. The third-order valence-corrected chi connectivity index (χ3v) is 10.3. The van der Waals surface area contributed by atoms with Crippen LogP contribution in [0.25, 0.3) is 22.5 Å². The molecule has 7 amide bonds. The van der Waals surface area contributed by atoms with Crippen LogP contribution in [0.1, 0.15) is 72.8 Å².